The van der Waals surface area contributed by atoms with Gasteiger partial charge in [0.2, 0.25) is 0 Å². The number of ketones is 1. The second-order valence-electron chi connectivity index (χ2n) is 7.77. The molecule has 0 bridgehead atoms. The van der Waals surface area contributed by atoms with Crippen LogP contribution in [-0.4, -0.2) is 29.9 Å². The SMILES string of the molecule is O=C(/C=C/C=C/c1ccccc1)CC1(O)C(=O)N(CCOc2ccccc2)c2ccccc21. The van der Waals surface area contributed by atoms with Crippen LogP contribution in [0.4, 0.5) is 5.69 Å². The van der Waals surface area contributed by atoms with Crippen molar-refractivity contribution in [3.05, 3.63) is 114 Å². The lowest BCUT2D eigenvalue weighted by Gasteiger charge is -2.22. The molecule has 0 aliphatic carbocycles. The second-order valence-corrected chi connectivity index (χ2v) is 7.77. The average Bonchev–Trinajstić information content (AvgIpc) is 3.05. The Labute approximate surface area is 193 Å². The number of benzene rings is 3. The summed E-state index contributed by atoms with van der Waals surface area (Å²) in [5, 5.41) is 11.3. The Morgan fingerprint density at radius 1 is 0.909 bits per heavy atom. The molecule has 1 atom stereocenters. The number of nitrogens with zero attached hydrogens (tertiary/aromatic N) is 1. The molecule has 1 heterocycles. The summed E-state index contributed by atoms with van der Waals surface area (Å²) in [5.41, 5.74) is 0.161. The largest absolute Gasteiger partial charge is 0.492 e. The van der Waals surface area contributed by atoms with Gasteiger partial charge in [-0.3, -0.25) is 9.59 Å². The molecule has 0 saturated carbocycles. The van der Waals surface area contributed by atoms with Gasteiger partial charge in [0, 0.05) is 5.56 Å². The van der Waals surface area contributed by atoms with E-state index in [2.05, 4.69) is 0 Å². The van der Waals surface area contributed by atoms with Gasteiger partial charge >= 0.3 is 0 Å². The van der Waals surface area contributed by atoms with E-state index in [1.165, 1.54) is 11.0 Å². The molecule has 5 nitrogen and oxygen atoms in total. The van der Waals surface area contributed by atoms with Crippen LogP contribution in [0.25, 0.3) is 6.08 Å². The first-order valence-corrected chi connectivity index (χ1v) is 10.8. The van der Waals surface area contributed by atoms with E-state index in [0.717, 1.165) is 5.56 Å². The van der Waals surface area contributed by atoms with Crippen LogP contribution in [0.15, 0.2) is 103 Å². The van der Waals surface area contributed by atoms with Gasteiger partial charge in [-0.15, -0.1) is 0 Å². The van der Waals surface area contributed by atoms with Crippen molar-refractivity contribution < 1.29 is 19.4 Å². The quantitative estimate of drug-likeness (QED) is 0.393. The molecule has 1 aliphatic heterocycles. The fraction of sp³-hybridized carbons (Fsp3) is 0.143. The van der Waals surface area contributed by atoms with Crippen molar-refractivity contribution in [2.45, 2.75) is 12.0 Å². The summed E-state index contributed by atoms with van der Waals surface area (Å²) in [6, 6.07) is 26.1. The second kappa shape index (κ2) is 10.1. The lowest BCUT2D eigenvalue weighted by molar-refractivity contribution is -0.140. The Morgan fingerprint density at radius 2 is 1.58 bits per heavy atom. The van der Waals surface area contributed by atoms with Crippen LogP contribution >= 0.6 is 0 Å². The number of carbonyl (C=O) groups excluding carboxylic acids is 2. The topological polar surface area (TPSA) is 66.8 Å². The summed E-state index contributed by atoms with van der Waals surface area (Å²) < 4.78 is 5.72. The van der Waals surface area contributed by atoms with Gasteiger partial charge in [-0.05, 0) is 29.8 Å². The normalized spacial score (nSPS) is 17.6. The molecule has 0 fully saturated rings. The molecule has 1 amide bonds. The first kappa shape index (κ1) is 22.2. The third-order valence-electron chi connectivity index (χ3n) is 5.48. The van der Waals surface area contributed by atoms with Gasteiger partial charge in [0.25, 0.3) is 5.91 Å². The first-order chi connectivity index (χ1) is 16.1. The van der Waals surface area contributed by atoms with E-state index in [1.54, 1.807) is 36.4 Å². The fourth-order valence-corrected chi connectivity index (χ4v) is 3.88. The number of hydrogen-bond acceptors (Lipinski definition) is 4. The summed E-state index contributed by atoms with van der Waals surface area (Å²) in [6.45, 7) is 0.523. The number of anilines is 1. The molecule has 0 aromatic heterocycles. The van der Waals surface area contributed by atoms with E-state index in [0.29, 0.717) is 17.0 Å². The molecule has 166 valence electrons. The van der Waals surface area contributed by atoms with Crippen LogP contribution in [0.1, 0.15) is 17.5 Å². The molecular weight excluding hydrogens is 414 g/mol. The molecule has 0 spiro atoms. The highest BCUT2D eigenvalue weighted by atomic mass is 16.5. The lowest BCUT2D eigenvalue weighted by atomic mass is 9.90. The maximum Gasteiger partial charge on any atom is 0.264 e. The summed E-state index contributed by atoms with van der Waals surface area (Å²) in [7, 11) is 0. The molecule has 3 aromatic carbocycles. The van der Waals surface area contributed by atoms with Crippen LogP contribution < -0.4 is 9.64 Å². The smallest absolute Gasteiger partial charge is 0.264 e. The number of hydrogen-bond donors (Lipinski definition) is 1. The zero-order valence-corrected chi connectivity index (χ0v) is 18.1. The van der Waals surface area contributed by atoms with Gasteiger partial charge in [-0.2, -0.15) is 0 Å². The van der Waals surface area contributed by atoms with Gasteiger partial charge in [0.1, 0.15) is 12.4 Å². The molecular formula is C28H25NO4. The third kappa shape index (κ3) is 5.10. The number of aliphatic hydroxyl groups is 1. The Morgan fingerprint density at radius 3 is 2.33 bits per heavy atom. The van der Waals surface area contributed by atoms with Crippen LogP contribution in [0.5, 0.6) is 5.75 Å². The van der Waals surface area contributed by atoms with Crippen LogP contribution in [0.3, 0.4) is 0 Å². The highest BCUT2D eigenvalue weighted by molar-refractivity contribution is 6.09. The monoisotopic (exact) mass is 439 g/mol. The fourth-order valence-electron chi connectivity index (χ4n) is 3.88. The van der Waals surface area contributed by atoms with Gasteiger partial charge < -0.3 is 14.7 Å². The molecule has 1 unspecified atom stereocenters. The van der Waals surface area contributed by atoms with Gasteiger partial charge in [-0.25, -0.2) is 0 Å². The average molecular weight is 440 g/mol. The molecule has 1 aliphatic rings. The summed E-state index contributed by atoms with van der Waals surface area (Å²) >= 11 is 0. The Hall–Kier alpha value is -3.96. The lowest BCUT2D eigenvalue weighted by Crippen LogP contribution is -2.43. The highest BCUT2D eigenvalue weighted by Gasteiger charge is 2.50. The van der Waals surface area contributed by atoms with Crippen molar-refractivity contribution >= 4 is 23.5 Å². The van der Waals surface area contributed by atoms with Crippen molar-refractivity contribution in [3.8, 4) is 5.75 Å². The van der Waals surface area contributed by atoms with Gasteiger partial charge in [-0.1, -0.05) is 85.0 Å². The predicted octanol–water partition coefficient (Wildman–Crippen LogP) is 4.53. The number of ether oxygens (including phenoxy) is 1. The standard InChI is InChI=1S/C28H25NO4/c30-23(14-8-7-13-22-11-3-1-4-12-22)21-28(32)25-17-9-10-18-26(25)29(27(28)31)19-20-33-24-15-5-2-6-16-24/h1-18,32H,19-21H2/b13-7+,14-8+. The number of rotatable bonds is 9. The molecule has 1 N–H and O–H groups in total. The summed E-state index contributed by atoms with van der Waals surface area (Å²) in [5.74, 6) is -0.140. The zero-order chi connectivity index (χ0) is 23.1. The van der Waals surface area contributed by atoms with E-state index in [4.69, 9.17) is 4.74 Å². The first-order valence-electron chi connectivity index (χ1n) is 10.8. The van der Waals surface area contributed by atoms with E-state index in [-0.39, 0.29) is 25.4 Å². The zero-order valence-electron chi connectivity index (χ0n) is 18.1. The van der Waals surface area contributed by atoms with Crippen LogP contribution in [0.2, 0.25) is 0 Å². The van der Waals surface area contributed by atoms with Crippen LogP contribution in [-0.2, 0) is 15.2 Å². The molecule has 5 heteroatoms. The van der Waals surface area contributed by atoms with E-state index < -0.39 is 11.5 Å². The Balaban J connectivity index is 1.43. The third-order valence-corrected chi connectivity index (χ3v) is 5.48. The maximum absolute atomic E-state index is 13.2. The molecule has 0 saturated heterocycles. The number of para-hydroxylation sites is 2. The van der Waals surface area contributed by atoms with E-state index in [9.17, 15) is 14.7 Å². The predicted molar refractivity (Wildman–Crippen MR) is 129 cm³/mol. The van der Waals surface area contributed by atoms with Crippen molar-refractivity contribution in [2.75, 3.05) is 18.1 Å². The highest BCUT2D eigenvalue weighted by Crippen LogP contribution is 2.42. The molecule has 3 aromatic rings. The number of carbonyl (C=O) groups is 2. The van der Waals surface area contributed by atoms with Crippen molar-refractivity contribution in [1.29, 1.82) is 0 Å². The van der Waals surface area contributed by atoms with Crippen molar-refractivity contribution in [1.82, 2.24) is 0 Å². The van der Waals surface area contributed by atoms with Gasteiger partial charge in [0.15, 0.2) is 11.4 Å². The van der Waals surface area contributed by atoms with Crippen molar-refractivity contribution in [2.24, 2.45) is 0 Å². The number of allylic oxidation sites excluding steroid dienone is 3. The van der Waals surface area contributed by atoms with Crippen molar-refractivity contribution in [3.63, 3.8) is 0 Å². The minimum Gasteiger partial charge on any atom is -0.492 e. The summed E-state index contributed by atoms with van der Waals surface area (Å²) in [6.07, 6.45) is 6.32. The molecule has 4 rings (SSSR count). The van der Waals surface area contributed by atoms with Crippen LogP contribution in [0, 0.1) is 0 Å². The Kier molecular flexibility index (Phi) is 6.81. The minimum absolute atomic E-state index is 0.261. The molecule has 33 heavy (non-hydrogen) atoms. The Bertz CT molecular complexity index is 1170. The maximum atomic E-state index is 13.2. The van der Waals surface area contributed by atoms with Gasteiger partial charge in [0.05, 0.1) is 18.7 Å². The van der Waals surface area contributed by atoms with E-state index >= 15 is 0 Å². The number of amides is 1. The van der Waals surface area contributed by atoms with E-state index in [1.807, 2.05) is 66.7 Å². The minimum atomic E-state index is -1.89. The summed E-state index contributed by atoms with van der Waals surface area (Å²) in [4.78, 5) is 27.3. The molecule has 0 radical (unpaired) electrons. The number of fused-ring (bicyclic) bond motifs is 1.